The first-order valence-electron chi connectivity index (χ1n) is 4.89. The van der Waals surface area contributed by atoms with Crippen LogP contribution < -0.4 is 0 Å². The van der Waals surface area contributed by atoms with Crippen molar-refractivity contribution in [1.29, 1.82) is 0 Å². The summed E-state index contributed by atoms with van der Waals surface area (Å²) in [6.45, 7) is 2.08. The molecule has 0 spiro atoms. The van der Waals surface area contributed by atoms with Gasteiger partial charge in [-0.1, -0.05) is 24.1 Å². The molecule has 1 aromatic rings. The molecule has 1 unspecified atom stereocenters. The highest BCUT2D eigenvalue weighted by Crippen LogP contribution is 2.25. The predicted octanol–water partition coefficient (Wildman–Crippen LogP) is 2.91. The third-order valence-corrected chi connectivity index (χ3v) is 2.87. The monoisotopic (exact) mass is 170 g/mol. The van der Waals surface area contributed by atoms with E-state index < -0.39 is 0 Å². The van der Waals surface area contributed by atoms with Crippen LogP contribution in [0.3, 0.4) is 0 Å². The van der Waals surface area contributed by atoms with Crippen molar-refractivity contribution in [2.75, 3.05) is 0 Å². The van der Waals surface area contributed by atoms with Gasteiger partial charge in [-0.2, -0.15) is 0 Å². The second-order valence-electron chi connectivity index (χ2n) is 3.77. The molecule has 0 heterocycles. The van der Waals surface area contributed by atoms with Crippen LogP contribution in [0.15, 0.2) is 18.2 Å². The summed E-state index contributed by atoms with van der Waals surface area (Å²) in [5.74, 6) is 3.03. The van der Waals surface area contributed by atoms with Crippen molar-refractivity contribution in [3.8, 4) is 12.3 Å². The Morgan fingerprint density at radius 3 is 2.85 bits per heavy atom. The fourth-order valence-corrected chi connectivity index (χ4v) is 1.96. The van der Waals surface area contributed by atoms with Gasteiger partial charge in [0.2, 0.25) is 0 Å². The van der Waals surface area contributed by atoms with Crippen molar-refractivity contribution in [3.63, 3.8) is 0 Å². The molecule has 13 heavy (non-hydrogen) atoms. The molecule has 0 amide bonds. The summed E-state index contributed by atoms with van der Waals surface area (Å²) in [5.41, 5.74) is 4.33. The van der Waals surface area contributed by atoms with Crippen LogP contribution >= 0.6 is 0 Å². The molecule has 0 aliphatic heterocycles. The van der Waals surface area contributed by atoms with Gasteiger partial charge in [0.1, 0.15) is 0 Å². The summed E-state index contributed by atoms with van der Waals surface area (Å²) in [5, 5.41) is 0. The molecule has 1 aliphatic carbocycles. The molecule has 0 nitrogen and oxygen atoms in total. The summed E-state index contributed by atoms with van der Waals surface area (Å²) < 4.78 is 0. The highest BCUT2D eigenvalue weighted by Gasteiger charge is 2.12. The Hall–Kier alpha value is -1.22. The minimum absolute atomic E-state index is 0.255. The molecule has 1 aromatic carbocycles. The van der Waals surface area contributed by atoms with E-state index in [0.717, 1.165) is 0 Å². The zero-order valence-corrected chi connectivity index (χ0v) is 8.01. The highest BCUT2D eigenvalue weighted by atomic mass is 14.2. The first-order chi connectivity index (χ1) is 6.31. The van der Waals surface area contributed by atoms with E-state index >= 15 is 0 Å². The van der Waals surface area contributed by atoms with Crippen molar-refractivity contribution in [1.82, 2.24) is 0 Å². The van der Waals surface area contributed by atoms with E-state index in [9.17, 15) is 0 Å². The van der Waals surface area contributed by atoms with Crippen molar-refractivity contribution >= 4 is 0 Å². The summed E-state index contributed by atoms with van der Waals surface area (Å²) in [6, 6.07) is 6.70. The SMILES string of the molecule is C#CC(C)c1ccc2c(c1)CCC2. The van der Waals surface area contributed by atoms with Gasteiger partial charge in [0.15, 0.2) is 0 Å². The first kappa shape index (κ1) is 8.38. The number of terminal acetylenes is 1. The molecule has 0 aromatic heterocycles. The summed E-state index contributed by atoms with van der Waals surface area (Å²) in [6.07, 6.45) is 9.19. The van der Waals surface area contributed by atoms with Crippen molar-refractivity contribution in [2.24, 2.45) is 0 Å². The van der Waals surface area contributed by atoms with Gasteiger partial charge in [-0.05, 0) is 42.9 Å². The lowest BCUT2D eigenvalue weighted by Gasteiger charge is -2.06. The maximum Gasteiger partial charge on any atom is 0.0421 e. The molecular weight excluding hydrogens is 156 g/mol. The highest BCUT2D eigenvalue weighted by molar-refractivity contribution is 5.38. The van der Waals surface area contributed by atoms with Crippen LogP contribution in [0.2, 0.25) is 0 Å². The lowest BCUT2D eigenvalue weighted by Crippen LogP contribution is -1.91. The van der Waals surface area contributed by atoms with Crippen molar-refractivity contribution in [3.05, 3.63) is 34.9 Å². The number of fused-ring (bicyclic) bond motifs is 1. The third-order valence-electron chi connectivity index (χ3n) is 2.87. The molecule has 0 N–H and O–H groups in total. The molecule has 0 saturated heterocycles. The van der Waals surface area contributed by atoms with E-state index in [1.54, 1.807) is 0 Å². The van der Waals surface area contributed by atoms with Crippen LogP contribution in [-0.2, 0) is 12.8 Å². The lowest BCUT2D eigenvalue weighted by molar-refractivity contribution is 0.911. The summed E-state index contributed by atoms with van der Waals surface area (Å²) in [4.78, 5) is 0. The van der Waals surface area contributed by atoms with Gasteiger partial charge in [0.05, 0.1) is 0 Å². The van der Waals surface area contributed by atoms with E-state index in [4.69, 9.17) is 6.42 Å². The molecule has 0 fully saturated rings. The maximum atomic E-state index is 5.40. The zero-order chi connectivity index (χ0) is 9.26. The van der Waals surface area contributed by atoms with Gasteiger partial charge in [0.25, 0.3) is 0 Å². The Labute approximate surface area is 80.0 Å². The Morgan fingerprint density at radius 2 is 2.08 bits per heavy atom. The van der Waals surface area contributed by atoms with Gasteiger partial charge in [0, 0.05) is 5.92 Å². The molecule has 1 atom stereocenters. The summed E-state index contributed by atoms with van der Waals surface area (Å²) >= 11 is 0. The topological polar surface area (TPSA) is 0 Å². The predicted molar refractivity (Wildman–Crippen MR) is 55.7 cm³/mol. The minimum Gasteiger partial charge on any atom is -0.119 e. The van der Waals surface area contributed by atoms with Gasteiger partial charge < -0.3 is 0 Å². The van der Waals surface area contributed by atoms with Gasteiger partial charge in [-0.15, -0.1) is 6.42 Å². The van der Waals surface area contributed by atoms with Gasteiger partial charge >= 0.3 is 0 Å². The average molecular weight is 170 g/mol. The van der Waals surface area contributed by atoms with Crippen LogP contribution in [0.25, 0.3) is 0 Å². The Morgan fingerprint density at radius 1 is 1.31 bits per heavy atom. The Kier molecular flexibility index (Phi) is 2.10. The van der Waals surface area contributed by atoms with Crippen LogP contribution in [0.1, 0.15) is 36.0 Å². The molecule has 2 rings (SSSR count). The van der Waals surface area contributed by atoms with E-state index in [-0.39, 0.29) is 5.92 Å². The number of hydrogen-bond donors (Lipinski definition) is 0. The Bertz CT molecular complexity index is 355. The van der Waals surface area contributed by atoms with Crippen molar-refractivity contribution in [2.45, 2.75) is 32.1 Å². The molecule has 0 heteroatoms. The minimum atomic E-state index is 0.255. The van der Waals surface area contributed by atoms with Crippen molar-refractivity contribution < 1.29 is 0 Å². The maximum absolute atomic E-state index is 5.40. The molecule has 66 valence electrons. The smallest absolute Gasteiger partial charge is 0.0421 e. The molecule has 0 saturated carbocycles. The number of rotatable bonds is 1. The normalized spacial score (nSPS) is 16.3. The van der Waals surface area contributed by atoms with Crippen LogP contribution in [0.4, 0.5) is 0 Å². The number of benzene rings is 1. The molecule has 0 bridgehead atoms. The van der Waals surface area contributed by atoms with Crippen LogP contribution in [-0.4, -0.2) is 0 Å². The zero-order valence-electron chi connectivity index (χ0n) is 8.01. The fourth-order valence-electron chi connectivity index (χ4n) is 1.96. The largest absolute Gasteiger partial charge is 0.119 e. The summed E-state index contributed by atoms with van der Waals surface area (Å²) in [7, 11) is 0. The standard InChI is InChI=1S/C13H14/c1-3-10(2)12-8-7-11-5-4-6-13(11)9-12/h1,7-10H,4-6H2,2H3. The Balaban J connectivity index is 2.37. The lowest BCUT2D eigenvalue weighted by atomic mass is 9.98. The van der Waals surface area contributed by atoms with E-state index in [2.05, 4.69) is 31.0 Å². The van der Waals surface area contributed by atoms with E-state index in [1.165, 1.54) is 36.0 Å². The average Bonchev–Trinajstić information content (AvgIpc) is 2.63. The fraction of sp³-hybridized carbons (Fsp3) is 0.385. The molecule has 0 radical (unpaired) electrons. The number of aryl methyl sites for hydroxylation is 2. The molecule has 1 aliphatic rings. The number of hydrogen-bond acceptors (Lipinski definition) is 0. The second-order valence-corrected chi connectivity index (χ2v) is 3.77. The van der Waals surface area contributed by atoms with E-state index in [1.807, 2.05) is 0 Å². The quantitative estimate of drug-likeness (QED) is 0.568. The molecular formula is C13H14. The van der Waals surface area contributed by atoms with Gasteiger partial charge in [-0.3, -0.25) is 0 Å². The van der Waals surface area contributed by atoms with Crippen LogP contribution in [0, 0.1) is 12.3 Å². The first-order valence-corrected chi connectivity index (χ1v) is 4.89. The van der Waals surface area contributed by atoms with Gasteiger partial charge in [-0.25, -0.2) is 0 Å². The third kappa shape index (κ3) is 1.47. The second kappa shape index (κ2) is 3.26. The van der Waals surface area contributed by atoms with Crippen LogP contribution in [0.5, 0.6) is 0 Å². The van der Waals surface area contributed by atoms with E-state index in [0.29, 0.717) is 0 Å².